The molecule has 4 rings (SSSR count). The normalized spacial score (nSPS) is 17.5. The van der Waals surface area contributed by atoms with Gasteiger partial charge in [0.05, 0.1) is 6.26 Å². The smallest absolute Gasteiger partial charge is 0.317 e. The van der Waals surface area contributed by atoms with Gasteiger partial charge in [-0.3, -0.25) is 9.62 Å². The molecule has 9 nitrogen and oxygen atoms in total. The Labute approximate surface area is 232 Å². The van der Waals surface area contributed by atoms with E-state index in [0.717, 1.165) is 51.6 Å². The Bertz CT molecular complexity index is 1140. The molecule has 1 aliphatic carbocycles. The third kappa shape index (κ3) is 9.40. The van der Waals surface area contributed by atoms with Crippen molar-refractivity contribution in [3.05, 3.63) is 54.1 Å². The van der Waals surface area contributed by atoms with Crippen molar-refractivity contribution in [2.24, 2.45) is 0 Å². The summed E-state index contributed by atoms with van der Waals surface area (Å²) in [5.74, 6) is 1.34. The van der Waals surface area contributed by atoms with Crippen molar-refractivity contribution in [1.82, 2.24) is 15.1 Å². The summed E-state index contributed by atoms with van der Waals surface area (Å²) in [4.78, 5) is 17.5. The number of carbonyl (C=O) groups is 1. The fraction of sp³-hybridized carbons (Fsp3) is 0.552. The molecule has 2 aromatic rings. The predicted molar refractivity (Wildman–Crippen MR) is 154 cm³/mol. The summed E-state index contributed by atoms with van der Waals surface area (Å²) in [7, 11) is -3.31. The molecule has 1 saturated heterocycles. The maximum atomic E-state index is 13.1. The van der Waals surface area contributed by atoms with Crippen molar-refractivity contribution >= 4 is 21.7 Å². The fourth-order valence-corrected chi connectivity index (χ4v) is 6.01. The Kier molecular flexibility index (Phi) is 10.5. The Morgan fingerprint density at radius 2 is 1.59 bits per heavy atom. The van der Waals surface area contributed by atoms with Gasteiger partial charge in [0, 0.05) is 50.6 Å². The molecule has 1 heterocycles. The van der Waals surface area contributed by atoms with Crippen molar-refractivity contribution in [2.45, 2.75) is 70.0 Å². The van der Waals surface area contributed by atoms with E-state index in [9.17, 15) is 18.3 Å². The van der Waals surface area contributed by atoms with Crippen LogP contribution >= 0.6 is 0 Å². The van der Waals surface area contributed by atoms with Crippen LogP contribution < -0.4 is 14.8 Å². The van der Waals surface area contributed by atoms with Gasteiger partial charge in [-0.1, -0.05) is 31.4 Å². The summed E-state index contributed by atoms with van der Waals surface area (Å²) < 4.78 is 31.1. The van der Waals surface area contributed by atoms with Gasteiger partial charge >= 0.3 is 6.03 Å². The van der Waals surface area contributed by atoms with Crippen LogP contribution in [0.1, 0.15) is 56.9 Å². The van der Waals surface area contributed by atoms with Gasteiger partial charge in [0.25, 0.3) is 0 Å². The number of aliphatic hydroxyl groups is 1. The summed E-state index contributed by atoms with van der Waals surface area (Å²) in [5.41, 5.74) is 1.69. The summed E-state index contributed by atoms with van der Waals surface area (Å²) in [5, 5.41) is 12.6. The number of hydrogen-bond acceptors (Lipinski definition) is 6. The minimum Gasteiger partial charge on any atom is -0.457 e. The fourth-order valence-electron chi connectivity index (χ4n) is 5.45. The molecule has 2 fully saturated rings. The molecular formula is C29H42N4O5S. The first-order valence-corrected chi connectivity index (χ1v) is 15.9. The highest BCUT2D eigenvalue weighted by Gasteiger charge is 2.29. The van der Waals surface area contributed by atoms with Crippen LogP contribution in [-0.2, 0) is 16.6 Å². The van der Waals surface area contributed by atoms with Crippen LogP contribution in [0.5, 0.6) is 11.5 Å². The van der Waals surface area contributed by atoms with E-state index in [1.807, 2.05) is 17.0 Å². The Morgan fingerprint density at radius 3 is 2.18 bits per heavy atom. The molecule has 0 unspecified atom stereocenters. The topological polar surface area (TPSA) is 111 Å². The molecule has 0 spiro atoms. The number of urea groups is 1. The SMILES string of the molecule is CS(=O)(=O)Nc1ccc(Oc2ccc(CN3CCC(N(CCCO)C(=O)NC4CCCCC4)CC3)cc2)cc1. The lowest BCUT2D eigenvalue weighted by atomic mass is 9.95. The third-order valence-corrected chi connectivity index (χ3v) is 8.08. The van der Waals surface area contributed by atoms with Gasteiger partial charge in [-0.2, -0.15) is 0 Å². The Morgan fingerprint density at radius 1 is 0.974 bits per heavy atom. The van der Waals surface area contributed by atoms with Gasteiger partial charge in [0.15, 0.2) is 0 Å². The minimum atomic E-state index is -3.31. The lowest BCUT2D eigenvalue weighted by Gasteiger charge is -2.39. The van der Waals surface area contributed by atoms with Gasteiger partial charge in [0.1, 0.15) is 11.5 Å². The van der Waals surface area contributed by atoms with E-state index < -0.39 is 10.0 Å². The number of likely N-dealkylation sites (tertiary alicyclic amines) is 1. The van der Waals surface area contributed by atoms with E-state index in [0.29, 0.717) is 30.2 Å². The lowest BCUT2D eigenvalue weighted by molar-refractivity contribution is 0.109. The zero-order chi connectivity index (χ0) is 27.7. The predicted octanol–water partition coefficient (Wildman–Crippen LogP) is 4.54. The molecule has 0 atom stereocenters. The molecule has 0 bridgehead atoms. The number of amides is 2. The third-order valence-electron chi connectivity index (χ3n) is 7.47. The highest BCUT2D eigenvalue weighted by Crippen LogP contribution is 2.25. The standard InChI is InChI=1S/C29H42N4O5S/c1-39(36,37)31-25-10-14-28(15-11-25)38-27-12-8-23(9-13-27)22-32-19-16-26(17-20-32)33(18-5-21-34)29(35)30-24-6-3-2-4-7-24/h8-15,24,26,31,34H,2-7,16-22H2,1H3,(H,30,35). The van der Waals surface area contributed by atoms with Crippen LogP contribution in [0.4, 0.5) is 10.5 Å². The van der Waals surface area contributed by atoms with E-state index in [-0.39, 0.29) is 24.7 Å². The first kappa shape index (κ1) is 29.2. The van der Waals surface area contributed by atoms with Gasteiger partial charge in [-0.15, -0.1) is 0 Å². The Balaban J connectivity index is 1.25. The zero-order valence-electron chi connectivity index (χ0n) is 22.8. The molecule has 1 saturated carbocycles. The average Bonchev–Trinajstić information content (AvgIpc) is 2.92. The van der Waals surface area contributed by atoms with Crippen LogP contribution in [-0.4, -0.2) is 73.9 Å². The highest BCUT2D eigenvalue weighted by atomic mass is 32.2. The summed E-state index contributed by atoms with van der Waals surface area (Å²) in [6, 6.07) is 15.3. The molecule has 2 aliphatic rings. The van der Waals surface area contributed by atoms with Gasteiger partial charge in [-0.25, -0.2) is 13.2 Å². The summed E-state index contributed by atoms with van der Waals surface area (Å²) >= 11 is 0. The first-order valence-electron chi connectivity index (χ1n) is 14.0. The monoisotopic (exact) mass is 558 g/mol. The van der Waals surface area contributed by atoms with Gasteiger partial charge < -0.3 is 20.1 Å². The average molecular weight is 559 g/mol. The lowest BCUT2D eigenvalue weighted by Crippen LogP contribution is -2.53. The highest BCUT2D eigenvalue weighted by molar-refractivity contribution is 7.92. The Hall–Kier alpha value is -2.82. The molecular weight excluding hydrogens is 516 g/mol. The number of hydrogen-bond donors (Lipinski definition) is 3. The minimum absolute atomic E-state index is 0.0330. The number of rotatable bonds is 11. The van der Waals surface area contributed by atoms with Crippen molar-refractivity contribution < 1.29 is 23.1 Å². The zero-order valence-corrected chi connectivity index (χ0v) is 23.7. The van der Waals surface area contributed by atoms with Crippen molar-refractivity contribution in [2.75, 3.05) is 37.2 Å². The number of carbonyl (C=O) groups excluding carboxylic acids is 1. The van der Waals surface area contributed by atoms with E-state index >= 15 is 0 Å². The van der Waals surface area contributed by atoms with E-state index in [2.05, 4.69) is 27.1 Å². The van der Waals surface area contributed by atoms with Crippen LogP contribution in [0.15, 0.2) is 48.5 Å². The van der Waals surface area contributed by atoms with E-state index in [1.54, 1.807) is 24.3 Å². The molecule has 0 aromatic heterocycles. The van der Waals surface area contributed by atoms with E-state index in [4.69, 9.17) is 4.74 Å². The van der Waals surface area contributed by atoms with E-state index in [1.165, 1.54) is 24.8 Å². The maximum Gasteiger partial charge on any atom is 0.317 e. The van der Waals surface area contributed by atoms with Gasteiger partial charge in [0.2, 0.25) is 10.0 Å². The maximum absolute atomic E-state index is 13.1. The molecule has 2 aromatic carbocycles. The first-order chi connectivity index (χ1) is 18.8. The summed E-state index contributed by atoms with van der Waals surface area (Å²) in [6.07, 6.45) is 9.34. The second kappa shape index (κ2) is 14.0. The van der Waals surface area contributed by atoms with Crippen molar-refractivity contribution in [3.8, 4) is 11.5 Å². The van der Waals surface area contributed by atoms with Crippen LogP contribution in [0, 0.1) is 0 Å². The molecule has 1 aliphatic heterocycles. The van der Waals surface area contributed by atoms with Crippen molar-refractivity contribution in [3.63, 3.8) is 0 Å². The van der Waals surface area contributed by atoms with Crippen LogP contribution in [0.3, 0.4) is 0 Å². The molecule has 3 N–H and O–H groups in total. The molecule has 214 valence electrons. The second-order valence-corrected chi connectivity index (χ2v) is 12.5. The number of anilines is 1. The van der Waals surface area contributed by atoms with Crippen molar-refractivity contribution in [1.29, 1.82) is 0 Å². The van der Waals surface area contributed by atoms with Gasteiger partial charge in [-0.05, 0) is 74.1 Å². The van der Waals surface area contributed by atoms with Crippen LogP contribution in [0.2, 0.25) is 0 Å². The number of nitrogens with zero attached hydrogens (tertiary/aromatic N) is 2. The number of nitrogens with one attached hydrogen (secondary N) is 2. The number of benzene rings is 2. The number of piperidine rings is 1. The largest absolute Gasteiger partial charge is 0.457 e. The second-order valence-electron chi connectivity index (χ2n) is 10.7. The number of aliphatic hydroxyl groups excluding tert-OH is 1. The molecule has 39 heavy (non-hydrogen) atoms. The van der Waals surface area contributed by atoms with Crippen LogP contribution in [0.25, 0.3) is 0 Å². The molecule has 0 radical (unpaired) electrons. The number of ether oxygens (including phenoxy) is 1. The molecule has 10 heteroatoms. The quantitative estimate of drug-likeness (QED) is 0.373. The number of sulfonamides is 1. The molecule has 2 amide bonds. The summed E-state index contributed by atoms with van der Waals surface area (Å²) in [6.45, 7) is 3.37.